The van der Waals surface area contributed by atoms with E-state index in [-0.39, 0.29) is 16.8 Å². The van der Waals surface area contributed by atoms with Gasteiger partial charge in [-0.2, -0.15) is 0 Å². The molecule has 0 N–H and O–H groups in total. The Morgan fingerprint density at radius 3 is 2.04 bits per heavy atom. The fraction of sp³-hybridized carbons (Fsp3) is 0.400. The smallest absolute Gasteiger partial charge is 0.337 e. The van der Waals surface area contributed by atoms with Crippen LogP contribution in [0.25, 0.3) is 11.6 Å². The largest absolute Gasteiger partial charge is 0.465 e. The average Bonchev–Trinajstić information content (AvgIpc) is 2.65. The molecule has 2 aromatic carbocycles. The molecule has 0 aliphatic heterocycles. The molecule has 0 atom stereocenters. The van der Waals surface area contributed by atoms with Gasteiger partial charge in [-0.05, 0) is 70.6 Å². The molecule has 1 aliphatic rings. The Hall–Kier alpha value is -2.35. The number of rotatable bonds is 3. The van der Waals surface area contributed by atoms with Crippen LogP contribution in [0.4, 0.5) is 0 Å². The van der Waals surface area contributed by atoms with Gasteiger partial charge in [0.05, 0.1) is 12.7 Å². The number of hydrogen-bond acceptors (Lipinski definition) is 2. The van der Waals surface area contributed by atoms with Gasteiger partial charge in [-0.25, -0.2) is 4.79 Å². The van der Waals surface area contributed by atoms with Crippen molar-refractivity contribution in [2.45, 2.75) is 58.3 Å². The van der Waals surface area contributed by atoms with Gasteiger partial charge in [0, 0.05) is 0 Å². The molecule has 0 saturated carbocycles. The molecule has 0 unspecified atom stereocenters. The third-order valence-electron chi connectivity index (χ3n) is 6.02. The lowest BCUT2D eigenvalue weighted by Gasteiger charge is -2.42. The zero-order chi connectivity index (χ0) is 19.8. The first-order chi connectivity index (χ1) is 12.6. The first-order valence-electron chi connectivity index (χ1n) is 9.66. The van der Waals surface area contributed by atoms with Gasteiger partial charge in [-0.3, -0.25) is 0 Å². The average molecular weight is 363 g/mol. The van der Waals surface area contributed by atoms with Crippen LogP contribution in [0.2, 0.25) is 0 Å². The van der Waals surface area contributed by atoms with Crippen LogP contribution < -0.4 is 0 Å². The minimum absolute atomic E-state index is 0.212. The van der Waals surface area contributed by atoms with Crippen LogP contribution in [0.3, 0.4) is 0 Å². The highest BCUT2D eigenvalue weighted by Crippen LogP contribution is 2.46. The summed E-state index contributed by atoms with van der Waals surface area (Å²) in [6, 6.07) is 14.5. The fourth-order valence-corrected chi connectivity index (χ4v) is 4.00. The van der Waals surface area contributed by atoms with Crippen LogP contribution in [0, 0.1) is 0 Å². The van der Waals surface area contributed by atoms with E-state index in [4.69, 9.17) is 4.74 Å². The van der Waals surface area contributed by atoms with Crippen molar-refractivity contribution in [2.24, 2.45) is 0 Å². The zero-order valence-electron chi connectivity index (χ0n) is 17.3. The summed E-state index contributed by atoms with van der Waals surface area (Å²) >= 11 is 0. The molecule has 142 valence electrons. The molecule has 0 spiro atoms. The van der Waals surface area contributed by atoms with E-state index >= 15 is 0 Å². The maximum Gasteiger partial charge on any atom is 0.337 e. The minimum atomic E-state index is -0.304. The van der Waals surface area contributed by atoms with Crippen molar-refractivity contribution in [3.05, 3.63) is 70.3 Å². The second-order valence-corrected chi connectivity index (χ2v) is 8.97. The van der Waals surface area contributed by atoms with Crippen LogP contribution in [-0.2, 0) is 15.6 Å². The van der Waals surface area contributed by atoms with Crippen molar-refractivity contribution in [3.8, 4) is 0 Å². The van der Waals surface area contributed by atoms with E-state index in [1.54, 1.807) is 0 Å². The van der Waals surface area contributed by atoms with Gasteiger partial charge in [0.1, 0.15) is 0 Å². The van der Waals surface area contributed by atoms with Crippen molar-refractivity contribution >= 4 is 17.6 Å². The number of carbonyl (C=O) groups excluding carboxylic acids is 1. The Morgan fingerprint density at radius 1 is 0.889 bits per heavy atom. The molecule has 0 fully saturated rings. The Labute approximate surface area is 163 Å². The topological polar surface area (TPSA) is 26.3 Å². The quantitative estimate of drug-likeness (QED) is 0.467. The molecule has 0 aromatic heterocycles. The maximum absolute atomic E-state index is 11.6. The lowest BCUT2D eigenvalue weighted by atomic mass is 9.63. The summed E-state index contributed by atoms with van der Waals surface area (Å²) in [7, 11) is 1.40. The van der Waals surface area contributed by atoms with Crippen LogP contribution in [0.1, 0.15) is 80.1 Å². The number of methoxy groups -OCH3 is 1. The Balaban J connectivity index is 1.95. The molecule has 0 radical (unpaired) electrons. The highest BCUT2D eigenvalue weighted by atomic mass is 16.5. The van der Waals surface area contributed by atoms with Crippen molar-refractivity contribution in [1.82, 2.24) is 0 Å². The lowest BCUT2D eigenvalue weighted by Crippen LogP contribution is -2.33. The number of fused-ring (bicyclic) bond motifs is 1. The second kappa shape index (κ2) is 6.99. The van der Waals surface area contributed by atoms with Crippen LogP contribution in [0.5, 0.6) is 0 Å². The summed E-state index contributed by atoms with van der Waals surface area (Å²) in [4.78, 5) is 11.6. The summed E-state index contributed by atoms with van der Waals surface area (Å²) in [5.74, 6) is -0.304. The Kier molecular flexibility index (Phi) is 5.03. The highest BCUT2D eigenvalue weighted by molar-refractivity contribution is 5.90. The third-order valence-corrected chi connectivity index (χ3v) is 6.02. The summed E-state index contributed by atoms with van der Waals surface area (Å²) in [5.41, 5.74) is 7.55. The molecule has 27 heavy (non-hydrogen) atoms. The molecule has 2 heteroatoms. The molecule has 0 amide bonds. The first kappa shape index (κ1) is 19.4. The predicted octanol–water partition coefficient (Wildman–Crippen LogP) is 6.38. The number of ether oxygens (including phenoxy) is 1. The van der Waals surface area contributed by atoms with Gasteiger partial charge < -0.3 is 4.74 Å². The molecular formula is C25H30O2. The normalized spacial score (nSPS) is 17.9. The summed E-state index contributed by atoms with van der Waals surface area (Å²) < 4.78 is 4.76. The van der Waals surface area contributed by atoms with Gasteiger partial charge in [-0.15, -0.1) is 0 Å². The molecule has 2 nitrogen and oxygen atoms in total. The first-order valence-corrected chi connectivity index (χ1v) is 9.66. The number of benzene rings is 2. The van der Waals surface area contributed by atoms with Crippen molar-refractivity contribution in [2.75, 3.05) is 7.11 Å². The van der Waals surface area contributed by atoms with E-state index in [9.17, 15) is 4.79 Å². The van der Waals surface area contributed by atoms with Gasteiger partial charge >= 0.3 is 5.97 Å². The molecule has 0 saturated heterocycles. The lowest BCUT2D eigenvalue weighted by molar-refractivity contribution is 0.0600. The van der Waals surface area contributed by atoms with E-state index in [2.05, 4.69) is 58.9 Å². The molecule has 0 heterocycles. The van der Waals surface area contributed by atoms with E-state index in [1.807, 2.05) is 24.3 Å². The van der Waals surface area contributed by atoms with E-state index in [0.29, 0.717) is 5.56 Å². The van der Waals surface area contributed by atoms with Gasteiger partial charge in [0.25, 0.3) is 0 Å². The van der Waals surface area contributed by atoms with Gasteiger partial charge in [-0.1, -0.05) is 64.1 Å². The Bertz CT molecular complexity index is 883. The third kappa shape index (κ3) is 3.85. The summed E-state index contributed by atoms with van der Waals surface area (Å²) in [6.45, 7) is 11.6. The van der Waals surface area contributed by atoms with Gasteiger partial charge in [0.15, 0.2) is 0 Å². The summed E-state index contributed by atoms with van der Waals surface area (Å²) in [5, 5.41) is 0. The van der Waals surface area contributed by atoms with Crippen LogP contribution in [0.15, 0.2) is 42.5 Å². The van der Waals surface area contributed by atoms with E-state index < -0.39 is 0 Å². The molecule has 2 aromatic rings. The monoisotopic (exact) mass is 362 g/mol. The molecule has 3 rings (SSSR count). The van der Waals surface area contributed by atoms with Gasteiger partial charge in [0.2, 0.25) is 0 Å². The second-order valence-electron chi connectivity index (χ2n) is 8.97. The number of allylic oxidation sites excluding steroid dienone is 1. The maximum atomic E-state index is 11.6. The SMILES string of the molecule is COC(=O)c1ccc(/C=C(\C)c2ccc3c(c2)C(C)(C)CCC3(C)C)cc1. The number of esters is 1. The van der Waals surface area contributed by atoms with E-state index in [1.165, 1.54) is 42.2 Å². The number of hydrogen-bond donors (Lipinski definition) is 0. The fourth-order valence-electron chi connectivity index (χ4n) is 4.00. The molecule has 1 aliphatic carbocycles. The Morgan fingerprint density at radius 2 is 1.44 bits per heavy atom. The minimum Gasteiger partial charge on any atom is -0.465 e. The predicted molar refractivity (Wildman–Crippen MR) is 113 cm³/mol. The zero-order valence-corrected chi connectivity index (χ0v) is 17.3. The summed E-state index contributed by atoms with van der Waals surface area (Å²) in [6.07, 6.45) is 4.62. The highest BCUT2D eigenvalue weighted by Gasteiger charge is 2.36. The van der Waals surface area contributed by atoms with E-state index in [0.717, 1.165) is 5.56 Å². The standard InChI is InChI=1S/C25H30O2/c1-17(15-18-7-9-19(10-8-18)23(26)27-6)20-11-12-21-22(16-20)25(4,5)14-13-24(21,2)3/h7-12,15-16H,13-14H2,1-6H3/b17-15+. The number of carbonyl (C=O) groups is 1. The van der Waals surface area contributed by atoms with Crippen molar-refractivity contribution in [3.63, 3.8) is 0 Å². The molecule has 0 bridgehead atoms. The van der Waals surface area contributed by atoms with Crippen molar-refractivity contribution in [1.29, 1.82) is 0 Å². The van der Waals surface area contributed by atoms with Crippen molar-refractivity contribution < 1.29 is 9.53 Å². The van der Waals surface area contributed by atoms with Crippen LogP contribution in [-0.4, -0.2) is 13.1 Å². The van der Waals surface area contributed by atoms with Crippen LogP contribution >= 0.6 is 0 Å². The molecular weight excluding hydrogens is 332 g/mol.